The summed E-state index contributed by atoms with van der Waals surface area (Å²) in [6, 6.07) is 39.3. The lowest BCUT2D eigenvalue weighted by atomic mass is 9.88. The molecule has 1 aromatic heterocycles. The first-order valence-corrected chi connectivity index (χ1v) is 12.8. The van der Waals surface area contributed by atoms with Crippen molar-refractivity contribution in [3.63, 3.8) is 0 Å². The van der Waals surface area contributed by atoms with Crippen molar-refractivity contribution in [2.75, 3.05) is 13.1 Å². The summed E-state index contributed by atoms with van der Waals surface area (Å²) in [6.07, 6.45) is 4.83. The van der Waals surface area contributed by atoms with Crippen LogP contribution in [0.3, 0.4) is 0 Å². The second kappa shape index (κ2) is 11.5. The zero-order valence-electron chi connectivity index (χ0n) is 20.5. The molecule has 180 valence electrons. The van der Waals surface area contributed by atoms with Crippen LogP contribution in [0.5, 0.6) is 0 Å². The number of aromatic amines is 1. The van der Waals surface area contributed by atoms with Crippen molar-refractivity contribution >= 4 is 16.8 Å². The molecule has 4 aromatic carbocycles. The van der Waals surface area contributed by atoms with Gasteiger partial charge in [0.25, 0.3) is 5.91 Å². The highest BCUT2D eigenvalue weighted by Gasteiger charge is 2.20. The molecule has 0 bridgehead atoms. The third-order valence-corrected chi connectivity index (χ3v) is 6.95. The van der Waals surface area contributed by atoms with Crippen molar-refractivity contribution in [1.82, 2.24) is 9.88 Å². The van der Waals surface area contributed by atoms with Gasteiger partial charge in [0.2, 0.25) is 0 Å². The molecule has 0 fully saturated rings. The maximum absolute atomic E-state index is 13.6. The molecule has 1 amide bonds. The first kappa shape index (κ1) is 23.6. The number of aromatic nitrogens is 1. The number of nitrogens with one attached hydrogen (secondary N) is 1. The molecule has 0 aliphatic carbocycles. The monoisotopic (exact) mass is 472 g/mol. The van der Waals surface area contributed by atoms with Crippen LogP contribution in [0.1, 0.15) is 45.8 Å². The summed E-state index contributed by atoms with van der Waals surface area (Å²) in [7, 11) is 0. The lowest BCUT2D eigenvalue weighted by molar-refractivity contribution is 0.0750. The molecule has 0 unspecified atom stereocenters. The first-order valence-electron chi connectivity index (χ1n) is 12.8. The van der Waals surface area contributed by atoms with Gasteiger partial charge < -0.3 is 9.88 Å². The Labute approximate surface area is 213 Å². The Morgan fingerprint density at radius 2 is 1.28 bits per heavy atom. The fourth-order valence-electron chi connectivity index (χ4n) is 5.06. The Bertz CT molecular complexity index is 1340. The van der Waals surface area contributed by atoms with E-state index in [4.69, 9.17) is 0 Å². The Morgan fingerprint density at radius 1 is 0.694 bits per heavy atom. The Hall–Kier alpha value is -4.11. The Morgan fingerprint density at radius 3 is 1.94 bits per heavy atom. The van der Waals surface area contributed by atoms with Gasteiger partial charge in [0.15, 0.2) is 0 Å². The zero-order valence-corrected chi connectivity index (χ0v) is 20.5. The molecule has 0 spiro atoms. The molecule has 0 saturated heterocycles. The predicted octanol–water partition coefficient (Wildman–Crippen LogP) is 7.47. The fraction of sp³-hybridized carbons (Fsp3) is 0.182. The number of hydrogen-bond donors (Lipinski definition) is 1. The van der Waals surface area contributed by atoms with E-state index in [-0.39, 0.29) is 11.8 Å². The summed E-state index contributed by atoms with van der Waals surface area (Å²) < 4.78 is 0. The maximum atomic E-state index is 13.6. The van der Waals surface area contributed by atoms with Gasteiger partial charge >= 0.3 is 0 Å². The highest BCUT2D eigenvalue weighted by Crippen LogP contribution is 2.28. The number of carbonyl (C=O) groups excluding carboxylic acids is 1. The van der Waals surface area contributed by atoms with Crippen molar-refractivity contribution < 1.29 is 4.79 Å². The topological polar surface area (TPSA) is 36.1 Å². The number of nitrogens with zero attached hydrogens (tertiary/aromatic N) is 1. The van der Waals surface area contributed by atoms with Crippen LogP contribution in [-0.4, -0.2) is 28.9 Å². The third-order valence-electron chi connectivity index (χ3n) is 6.95. The van der Waals surface area contributed by atoms with Gasteiger partial charge in [0, 0.05) is 41.7 Å². The quantitative estimate of drug-likeness (QED) is 0.225. The van der Waals surface area contributed by atoms with E-state index in [2.05, 4.69) is 96.1 Å². The number of rotatable bonds is 10. The van der Waals surface area contributed by atoms with E-state index < -0.39 is 0 Å². The highest BCUT2D eigenvalue weighted by molar-refractivity contribution is 5.94. The number of hydrogen-bond acceptors (Lipinski definition) is 1. The van der Waals surface area contributed by atoms with Crippen LogP contribution < -0.4 is 0 Å². The molecule has 1 N–H and O–H groups in total. The number of amides is 1. The van der Waals surface area contributed by atoms with E-state index in [1.54, 1.807) is 0 Å². The van der Waals surface area contributed by atoms with Crippen LogP contribution in [0.4, 0.5) is 0 Å². The minimum atomic E-state index is 0.106. The van der Waals surface area contributed by atoms with Crippen molar-refractivity contribution in [2.45, 2.75) is 25.2 Å². The number of carbonyl (C=O) groups is 1. The lowest BCUT2D eigenvalue weighted by Crippen LogP contribution is -2.34. The summed E-state index contributed by atoms with van der Waals surface area (Å²) in [6.45, 7) is 1.43. The van der Waals surface area contributed by atoms with Gasteiger partial charge in [0.1, 0.15) is 0 Å². The van der Waals surface area contributed by atoms with E-state index in [9.17, 15) is 4.79 Å². The van der Waals surface area contributed by atoms with Crippen molar-refractivity contribution in [2.24, 2.45) is 0 Å². The average Bonchev–Trinajstić information content (AvgIpc) is 3.36. The minimum absolute atomic E-state index is 0.106. The summed E-state index contributed by atoms with van der Waals surface area (Å²) in [5.74, 6) is 0.349. The normalized spacial score (nSPS) is 11.1. The van der Waals surface area contributed by atoms with Gasteiger partial charge in [-0.15, -0.1) is 0 Å². The van der Waals surface area contributed by atoms with Crippen LogP contribution in [-0.2, 0) is 6.42 Å². The summed E-state index contributed by atoms with van der Waals surface area (Å²) in [4.78, 5) is 19.0. The summed E-state index contributed by atoms with van der Waals surface area (Å²) >= 11 is 0. The second-order valence-electron chi connectivity index (χ2n) is 9.28. The second-order valence-corrected chi connectivity index (χ2v) is 9.28. The standard InChI is InChI=1S/C33H32N2O/c36-33(28-17-8-3-9-18-28)35(23-12-19-29-25-34-32-21-11-10-20-31(29)32)24-22-30(26-13-4-1-5-14-26)27-15-6-2-7-16-27/h1-11,13-18,20-21,25,30,34H,12,19,22-24H2. The molecule has 3 heteroatoms. The van der Waals surface area contributed by atoms with E-state index in [0.717, 1.165) is 31.4 Å². The number of fused-ring (bicyclic) bond motifs is 1. The van der Waals surface area contributed by atoms with Gasteiger partial charge in [0.05, 0.1) is 0 Å². The van der Waals surface area contributed by atoms with Crippen LogP contribution in [0.25, 0.3) is 10.9 Å². The van der Waals surface area contributed by atoms with E-state index >= 15 is 0 Å². The molecule has 5 aromatic rings. The molecular formula is C33H32N2O. The Kier molecular flexibility index (Phi) is 7.58. The van der Waals surface area contributed by atoms with Gasteiger partial charge in [-0.3, -0.25) is 4.79 Å². The van der Waals surface area contributed by atoms with Crippen LogP contribution in [0.15, 0.2) is 121 Å². The van der Waals surface area contributed by atoms with Crippen LogP contribution in [0.2, 0.25) is 0 Å². The van der Waals surface area contributed by atoms with Gasteiger partial charge in [-0.25, -0.2) is 0 Å². The predicted molar refractivity (Wildman–Crippen MR) is 148 cm³/mol. The molecule has 5 rings (SSSR count). The van der Waals surface area contributed by atoms with Gasteiger partial charge in [-0.1, -0.05) is 97.1 Å². The molecule has 3 nitrogen and oxygen atoms in total. The number of aryl methyl sites for hydroxylation is 1. The molecule has 36 heavy (non-hydrogen) atoms. The molecule has 0 aliphatic rings. The van der Waals surface area contributed by atoms with E-state index in [1.165, 1.54) is 27.6 Å². The molecule has 1 heterocycles. The zero-order chi connectivity index (χ0) is 24.6. The SMILES string of the molecule is O=C(c1ccccc1)N(CCCc1c[nH]c2ccccc12)CCC(c1ccccc1)c1ccccc1. The maximum Gasteiger partial charge on any atom is 0.253 e. The lowest BCUT2D eigenvalue weighted by Gasteiger charge is -2.26. The van der Waals surface area contributed by atoms with Gasteiger partial charge in [-0.05, 0) is 54.2 Å². The van der Waals surface area contributed by atoms with Gasteiger partial charge in [-0.2, -0.15) is 0 Å². The highest BCUT2D eigenvalue weighted by atomic mass is 16.2. The fourth-order valence-corrected chi connectivity index (χ4v) is 5.06. The minimum Gasteiger partial charge on any atom is -0.361 e. The largest absolute Gasteiger partial charge is 0.361 e. The summed E-state index contributed by atoms with van der Waals surface area (Å²) in [5.41, 5.74) is 5.80. The Balaban J connectivity index is 1.33. The van der Waals surface area contributed by atoms with E-state index in [0.29, 0.717) is 6.54 Å². The summed E-state index contributed by atoms with van der Waals surface area (Å²) in [5, 5.41) is 1.27. The molecule has 0 radical (unpaired) electrons. The van der Waals surface area contributed by atoms with Crippen LogP contribution in [0, 0.1) is 0 Å². The average molecular weight is 473 g/mol. The number of H-pyrrole nitrogens is 1. The molecule has 0 aliphatic heterocycles. The van der Waals surface area contributed by atoms with E-state index in [1.807, 2.05) is 35.2 Å². The van der Waals surface area contributed by atoms with Crippen molar-refractivity contribution in [3.8, 4) is 0 Å². The van der Waals surface area contributed by atoms with Crippen molar-refractivity contribution in [1.29, 1.82) is 0 Å². The number of para-hydroxylation sites is 1. The molecular weight excluding hydrogens is 440 g/mol. The smallest absolute Gasteiger partial charge is 0.253 e. The molecule has 0 atom stereocenters. The van der Waals surface area contributed by atoms with Crippen LogP contribution >= 0.6 is 0 Å². The first-order chi connectivity index (χ1) is 17.8. The van der Waals surface area contributed by atoms with Crippen molar-refractivity contribution in [3.05, 3.63) is 144 Å². The third kappa shape index (κ3) is 5.58. The molecule has 0 saturated carbocycles. The number of benzene rings is 4.